The van der Waals surface area contributed by atoms with E-state index in [0.29, 0.717) is 17.1 Å². The zero-order chi connectivity index (χ0) is 12.3. The highest BCUT2D eigenvalue weighted by atomic mass is 79.9. The molecule has 0 aliphatic carbocycles. The molecule has 0 spiro atoms. The molecule has 17 heavy (non-hydrogen) atoms. The molecule has 0 radical (unpaired) electrons. The van der Waals surface area contributed by atoms with Crippen LogP contribution in [0.25, 0.3) is 0 Å². The van der Waals surface area contributed by atoms with Gasteiger partial charge in [0, 0.05) is 17.1 Å². The summed E-state index contributed by atoms with van der Waals surface area (Å²) >= 11 is 9.38. The van der Waals surface area contributed by atoms with Crippen molar-refractivity contribution >= 4 is 27.5 Å². The summed E-state index contributed by atoms with van der Waals surface area (Å²) < 4.78 is 0.995. The van der Waals surface area contributed by atoms with E-state index in [0.717, 1.165) is 10.0 Å². The number of hydrogen-bond acceptors (Lipinski definition) is 2. The molecule has 0 amide bonds. The highest BCUT2D eigenvalue weighted by molar-refractivity contribution is 9.10. The minimum atomic E-state index is -0.682. The lowest BCUT2D eigenvalue weighted by atomic mass is 10.1. The van der Waals surface area contributed by atoms with Gasteiger partial charge in [0.25, 0.3) is 0 Å². The summed E-state index contributed by atoms with van der Waals surface area (Å²) in [6.07, 6.45) is 1.44. The van der Waals surface area contributed by atoms with Crippen molar-refractivity contribution in [3.8, 4) is 0 Å². The molecule has 2 rings (SSSR count). The Morgan fingerprint density at radius 3 is 2.82 bits per heavy atom. The van der Waals surface area contributed by atoms with Crippen LogP contribution >= 0.6 is 27.5 Å². The van der Waals surface area contributed by atoms with Gasteiger partial charge < -0.3 is 5.11 Å². The number of pyridine rings is 1. The lowest BCUT2D eigenvalue weighted by molar-refractivity contribution is 0.173. The van der Waals surface area contributed by atoms with Crippen molar-refractivity contribution in [3.63, 3.8) is 0 Å². The molecule has 1 unspecified atom stereocenters. The first-order valence-corrected chi connectivity index (χ1v) is 6.37. The summed E-state index contributed by atoms with van der Waals surface area (Å²) in [5.41, 5.74) is 1.56. The molecule has 1 heterocycles. The monoisotopic (exact) mass is 311 g/mol. The molecule has 0 saturated carbocycles. The Bertz CT molecular complexity index is 518. The van der Waals surface area contributed by atoms with Crippen LogP contribution in [-0.4, -0.2) is 10.1 Å². The molecule has 4 heteroatoms. The third-order valence-electron chi connectivity index (χ3n) is 2.42. The summed E-state index contributed by atoms with van der Waals surface area (Å²) in [5, 5.41) is 10.6. The molecular weight excluding hydrogens is 302 g/mol. The van der Waals surface area contributed by atoms with Crippen LogP contribution in [0.3, 0.4) is 0 Å². The van der Waals surface area contributed by atoms with Gasteiger partial charge in [0.2, 0.25) is 0 Å². The predicted octanol–water partition coefficient (Wildman–Crippen LogP) is 3.77. The van der Waals surface area contributed by atoms with Gasteiger partial charge in [-0.15, -0.1) is 0 Å². The van der Waals surface area contributed by atoms with E-state index in [2.05, 4.69) is 20.9 Å². The second-order valence-electron chi connectivity index (χ2n) is 3.72. The number of halogens is 2. The molecule has 0 bridgehead atoms. The second kappa shape index (κ2) is 5.63. The second-order valence-corrected chi connectivity index (χ2v) is 5.04. The van der Waals surface area contributed by atoms with Crippen molar-refractivity contribution < 1.29 is 5.11 Å². The quantitative estimate of drug-likeness (QED) is 0.936. The van der Waals surface area contributed by atoms with E-state index in [-0.39, 0.29) is 0 Å². The topological polar surface area (TPSA) is 33.1 Å². The fourth-order valence-corrected chi connectivity index (χ4v) is 2.32. The number of nitrogens with zero attached hydrogens (tertiary/aromatic N) is 1. The lowest BCUT2D eigenvalue weighted by Gasteiger charge is -2.11. The van der Waals surface area contributed by atoms with Crippen molar-refractivity contribution in [2.75, 3.05) is 0 Å². The van der Waals surface area contributed by atoms with Crippen LogP contribution in [0.5, 0.6) is 0 Å². The number of benzene rings is 1. The number of hydrogen-bond donors (Lipinski definition) is 1. The van der Waals surface area contributed by atoms with E-state index in [1.54, 1.807) is 18.3 Å². The third kappa shape index (κ3) is 3.28. The number of aromatic nitrogens is 1. The Labute approximate surface area is 113 Å². The molecule has 88 valence electrons. The van der Waals surface area contributed by atoms with E-state index in [1.807, 2.05) is 24.3 Å². The Hall–Kier alpha value is -0.900. The fraction of sp³-hybridized carbons (Fsp3) is 0.154. The molecule has 1 aromatic heterocycles. The van der Waals surface area contributed by atoms with Crippen LogP contribution in [0.2, 0.25) is 5.02 Å². The van der Waals surface area contributed by atoms with Gasteiger partial charge in [0.1, 0.15) is 6.10 Å². The van der Waals surface area contributed by atoms with Gasteiger partial charge in [-0.2, -0.15) is 0 Å². The third-order valence-corrected chi connectivity index (χ3v) is 3.23. The van der Waals surface area contributed by atoms with E-state index >= 15 is 0 Å². The van der Waals surface area contributed by atoms with Gasteiger partial charge >= 0.3 is 0 Å². The lowest BCUT2D eigenvalue weighted by Crippen LogP contribution is -2.04. The van der Waals surface area contributed by atoms with Gasteiger partial charge in [-0.3, -0.25) is 4.98 Å². The summed E-state index contributed by atoms with van der Waals surface area (Å²) in [6.45, 7) is 0. The summed E-state index contributed by atoms with van der Waals surface area (Å²) in [7, 11) is 0. The number of rotatable bonds is 3. The molecule has 2 aromatic rings. The normalized spacial score (nSPS) is 12.4. The van der Waals surface area contributed by atoms with Crippen LogP contribution in [0.1, 0.15) is 17.4 Å². The first-order valence-electron chi connectivity index (χ1n) is 5.20. The van der Waals surface area contributed by atoms with Gasteiger partial charge in [0.05, 0.1) is 10.7 Å². The van der Waals surface area contributed by atoms with Gasteiger partial charge in [-0.25, -0.2) is 0 Å². The van der Waals surface area contributed by atoms with Crippen molar-refractivity contribution in [3.05, 3.63) is 63.3 Å². The average Bonchev–Trinajstić information content (AvgIpc) is 2.29. The highest BCUT2D eigenvalue weighted by Crippen LogP contribution is 2.24. The molecule has 1 atom stereocenters. The highest BCUT2D eigenvalue weighted by Gasteiger charge is 2.13. The molecule has 1 aromatic carbocycles. The minimum Gasteiger partial charge on any atom is -0.386 e. The molecule has 0 fully saturated rings. The molecule has 0 saturated heterocycles. The van der Waals surface area contributed by atoms with Crippen LogP contribution < -0.4 is 0 Å². The first-order chi connectivity index (χ1) is 8.16. The zero-order valence-electron chi connectivity index (χ0n) is 8.98. The van der Waals surface area contributed by atoms with Crippen molar-refractivity contribution in [1.29, 1.82) is 0 Å². The standard InChI is InChI=1S/C13H11BrClNO/c14-10-4-1-3-9(7-10)8-12(17)13-11(15)5-2-6-16-13/h1-7,12,17H,8H2. The van der Waals surface area contributed by atoms with Gasteiger partial charge in [-0.05, 0) is 29.8 Å². The smallest absolute Gasteiger partial charge is 0.101 e. The SMILES string of the molecule is OC(Cc1cccc(Br)c1)c1ncccc1Cl. The fourth-order valence-electron chi connectivity index (χ4n) is 1.63. The zero-order valence-corrected chi connectivity index (χ0v) is 11.3. The van der Waals surface area contributed by atoms with Crippen LogP contribution in [0, 0.1) is 0 Å². The Morgan fingerprint density at radius 1 is 1.29 bits per heavy atom. The maximum absolute atomic E-state index is 10.1. The van der Waals surface area contributed by atoms with Crippen LogP contribution in [-0.2, 0) is 6.42 Å². The van der Waals surface area contributed by atoms with Gasteiger partial charge in [0.15, 0.2) is 0 Å². The average molecular weight is 313 g/mol. The van der Waals surface area contributed by atoms with E-state index in [1.165, 1.54) is 0 Å². The molecule has 2 nitrogen and oxygen atoms in total. The van der Waals surface area contributed by atoms with Crippen molar-refractivity contribution in [2.24, 2.45) is 0 Å². The molecule has 0 aliphatic rings. The number of aliphatic hydroxyl groups is 1. The van der Waals surface area contributed by atoms with Crippen molar-refractivity contribution in [2.45, 2.75) is 12.5 Å². The maximum atomic E-state index is 10.1. The Kier molecular flexibility index (Phi) is 4.15. The molecule has 0 aliphatic heterocycles. The summed E-state index contributed by atoms with van der Waals surface area (Å²) in [4.78, 5) is 4.10. The molecule has 1 N–H and O–H groups in total. The van der Waals surface area contributed by atoms with Gasteiger partial charge in [-0.1, -0.05) is 39.7 Å². The summed E-state index contributed by atoms with van der Waals surface area (Å²) in [5.74, 6) is 0. The largest absolute Gasteiger partial charge is 0.386 e. The maximum Gasteiger partial charge on any atom is 0.101 e. The van der Waals surface area contributed by atoms with E-state index < -0.39 is 6.10 Å². The number of aliphatic hydroxyl groups excluding tert-OH is 1. The van der Waals surface area contributed by atoms with E-state index in [4.69, 9.17) is 11.6 Å². The predicted molar refractivity (Wildman–Crippen MR) is 72.1 cm³/mol. The Balaban J connectivity index is 2.17. The minimum absolute atomic E-state index is 0.495. The Morgan fingerprint density at radius 2 is 2.12 bits per heavy atom. The van der Waals surface area contributed by atoms with E-state index in [9.17, 15) is 5.11 Å². The first kappa shape index (κ1) is 12.6. The van der Waals surface area contributed by atoms with Crippen molar-refractivity contribution in [1.82, 2.24) is 4.98 Å². The van der Waals surface area contributed by atoms with Crippen LogP contribution in [0.4, 0.5) is 0 Å². The molecular formula is C13H11BrClNO. The van der Waals surface area contributed by atoms with Crippen LogP contribution in [0.15, 0.2) is 47.1 Å². The summed E-state index contributed by atoms with van der Waals surface area (Å²) in [6, 6.07) is 11.3.